The summed E-state index contributed by atoms with van der Waals surface area (Å²) in [6.45, 7) is 2.08. The first-order valence-corrected chi connectivity index (χ1v) is 7.06. The molecule has 2 rings (SSSR count). The van der Waals surface area contributed by atoms with E-state index in [1.807, 2.05) is 7.05 Å². The standard InChI is InChI=1S/C15H16ClN5/c1-3-4-13-20-14(18-2)8-15(21-13)19-12-7-11(16)6-5-10(12)9-17/h5-8H,3-4H2,1-2H3,(H2,18,19,20,21). The Morgan fingerprint density at radius 1 is 1.24 bits per heavy atom. The van der Waals surface area contributed by atoms with Gasteiger partial charge in [0.15, 0.2) is 0 Å². The number of hydrogen-bond acceptors (Lipinski definition) is 5. The minimum Gasteiger partial charge on any atom is -0.373 e. The van der Waals surface area contributed by atoms with E-state index in [0.29, 0.717) is 22.1 Å². The van der Waals surface area contributed by atoms with Crippen molar-refractivity contribution in [3.8, 4) is 6.07 Å². The summed E-state index contributed by atoms with van der Waals surface area (Å²) in [5.41, 5.74) is 1.15. The van der Waals surface area contributed by atoms with Crippen molar-refractivity contribution in [2.75, 3.05) is 17.7 Å². The highest BCUT2D eigenvalue weighted by Crippen LogP contribution is 2.24. The molecule has 0 spiro atoms. The molecule has 108 valence electrons. The fourth-order valence-electron chi connectivity index (χ4n) is 1.88. The number of aromatic nitrogens is 2. The average molecular weight is 302 g/mol. The first-order valence-electron chi connectivity index (χ1n) is 6.68. The van der Waals surface area contributed by atoms with Gasteiger partial charge in [-0.3, -0.25) is 0 Å². The van der Waals surface area contributed by atoms with Gasteiger partial charge in [0.05, 0.1) is 11.3 Å². The van der Waals surface area contributed by atoms with Crippen LogP contribution in [0.1, 0.15) is 24.7 Å². The van der Waals surface area contributed by atoms with Crippen molar-refractivity contribution in [3.05, 3.63) is 40.7 Å². The van der Waals surface area contributed by atoms with Gasteiger partial charge in [-0.2, -0.15) is 5.26 Å². The molecular weight excluding hydrogens is 286 g/mol. The van der Waals surface area contributed by atoms with Gasteiger partial charge in [0.1, 0.15) is 23.5 Å². The highest BCUT2D eigenvalue weighted by Gasteiger charge is 2.07. The van der Waals surface area contributed by atoms with Crippen molar-refractivity contribution in [2.45, 2.75) is 19.8 Å². The van der Waals surface area contributed by atoms with E-state index in [1.165, 1.54) is 0 Å². The minimum atomic E-state index is 0.515. The van der Waals surface area contributed by atoms with E-state index < -0.39 is 0 Å². The van der Waals surface area contributed by atoms with E-state index in [0.717, 1.165) is 24.5 Å². The van der Waals surface area contributed by atoms with E-state index >= 15 is 0 Å². The summed E-state index contributed by atoms with van der Waals surface area (Å²) in [5, 5.41) is 15.9. The number of anilines is 3. The van der Waals surface area contributed by atoms with Crippen LogP contribution in [-0.2, 0) is 6.42 Å². The summed E-state index contributed by atoms with van der Waals surface area (Å²) in [6.07, 6.45) is 1.76. The van der Waals surface area contributed by atoms with Crippen LogP contribution in [0.15, 0.2) is 24.3 Å². The highest BCUT2D eigenvalue weighted by molar-refractivity contribution is 6.30. The van der Waals surface area contributed by atoms with Crippen LogP contribution in [0.4, 0.5) is 17.3 Å². The fraction of sp³-hybridized carbons (Fsp3) is 0.267. The molecule has 2 aromatic rings. The molecule has 0 unspecified atom stereocenters. The van der Waals surface area contributed by atoms with Gasteiger partial charge in [-0.1, -0.05) is 18.5 Å². The zero-order valence-electron chi connectivity index (χ0n) is 11.9. The Morgan fingerprint density at radius 3 is 2.67 bits per heavy atom. The zero-order chi connectivity index (χ0) is 15.2. The minimum absolute atomic E-state index is 0.515. The van der Waals surface area contributed by atoms with Crippen molar-refractivity contribution >= 4 is 28.9 Å². The third-order valence-corrected chi connectivity index (χ3v) is 3.10. The first-order chi connectivity index (χ1) is 10.2. The van der Waals surface area contributed by atoms with E-state index in [-0.39, 0.29) is 0 Å². The SMILES string of the molecule is CCCc1nc(NC)cc(Nc2cc(Cl)ccc2C#N)n1. The summed E-state index contributed by atoms with van der Waals surface area (Å²) in [5.74, 6) is 2.13. The van der Waals surface area contributed by atoms with E-state index in [2.05, 4.69) is 33.6 Å². The van der Waals surface area contributed by atoms with Crippen LogP contribution in [0.5, 0.6) is 0 Å². The molecule has 1 aromatic carbocycles. The molecule has 0 saturated heterocycles. The van der Waals surface area contributed by atoms with E-state index in [9.17, 15) is 0 Å². The lowest BCUT2D eigenvalue weighted by Gasteiger charge is -2.11. The molecule has 0 amide bonds. The Hall–Kier alpha value is -2.32. The van der Waals surface area contributed by atoms with Crippen LogP contribution in [-0.4, -0.2) is 17.0 Å². The van der Waals surface area contributed by atoms with Gasteiger partial charge in [-0.15, -0.1) is 0 Å². The van der Waals surface area contributed by atoms with Gasteiger partial charge in [0.2, 0.25) is 0 Å². The van der Waals surface area contributed by atoms with Gasteiger partial charge in [-0.25, -0.2) is 9.97 Å². The summed E-state index contributed by atoms with van der Waals surface area (Å²) < 4.78 is 0. The van der Waals surface area contributed by atoms with Crippen LogP contribution < -0.4 is 10.6 Å². The topological polar surface area (TPSA) is 73.6 Å². The third-order valence-electron chi connectivity index (χ3n) is 2.87. The van der Waals surface area contributed by atoms with Gasteiger partial charge in [0, 0.05) is 24.6 Å². The molecule has 0 aliphatic carbocycles. The van der Waals surface area contributed by atoms with Gasteiger partial charge < -0.3 is 10.6 Å². The molecule has 0 radical (unpaired) electrons. The number of aryl methyl sites for hydroxylation is 1. The Morgan fingerprint density at radius 2 is 2.00 bits per heavy atom. The normalized spacial score (nSPS) is 10.0. The van der Waals surface area contributed by atoms with Crippen LogP contribution in [0.3, 0.4) is 0 Å². The molecule has 5 nitrogen and oxygen atoms in total. The van der Waals surface area contributed by atoms with Gasteiger partial charge in [0.25, 0.3) is 0 Å². The van der Waals surface area contributed by atoms with Crippen molar-refractivity contribution in [1.29, 1.82) is 5.26 Å². The fourth-order valence-corrected chi connectivity index (χ4v) is 2.05. The maximum absolute atomic E-state index is 9.15. The molecular formula is C15H16ClN5. The largest absolute Gasteiger partial charge is 0.373 e. The van der Waals surface area contributed by atoms with Gasteiger partial charge in [-0.05, 0) is 24.6 Å². The summed E-state index contributed by atoms with van der Waals surface area (Å²) in [4.78, 5) is 8.85. The molecule has 1 aromatic heterocycles. The molecule has 0 bridgehead atoms. The number of nitrogens with one attached hydrogen (secondary N) is 2. The quantitative estimate of drug-likeness (QED) is 0.880. The second-order valence-electron chi connectivity index (χ2n) is 4.48. The summed E-state index contributed by atoms with van der Waals surface area (Å²) >= 11 is 5.99. The van der Waals surface area contributed by atoms with Crippen molar-refractivity contribution in [3.63, 3.8) is 0 Å². The molecule has 2 N–H and O–H groups in total. The first kappa shape index (κ1) is 15.1. The van der Waals surface area contributed by atoms with E-state index in [4.69, 9.17) is 16.9 Å². The second-order valence-corrected chi connectivity index (χ2v) is 4.92. The molecule has 0 atom stereocenters. The van der Waals surface area contributed by atoms with Crippen molar-refractivity contribution in [2.24, 2.45) is 0 Å². The Bertz CT molecular complexity index is 678. The Labute approximate surface area is 129 Å². The molecule has 0 aliphatic heterocycles. The number of nitriles is 1. The monoisotopic (exact) mass is 301 g/mol. The van der Waals surface area contributed by atoms with Gasteiger partial charge >= 0.3 is 0 Å². The predicted molar refractivity (Wildman–Crippen MR) is 85.0 cm³/mol. The number of rotatable bonds is 5. The lowest BCUT2D eigenvalue weighted by Crippen LogP contribution is -2.04. The van der Waals surface area contributed by atoms with Crippen molar-refractivity contribution < 1.29 is 0 Å². The molecule has 1 heterocycles. The molecule has 0 fully saturated rings. The lowest BCUT2D eigenvalue weighted by molar-refractivity contribution is 0.838. The molecule has 21 heavy (non-hydrogen) atoms. The van der Waals surface area contributed by atoms with Crippen LogP contribution >= 0.6 is 11.6 Å². The summed E-state index contributed by atoms with van der Waals surface area (Å²) in [7, 11) is 1.81. The molecule has 0 aliphatic rings. The van der Waals surface area contributed by atoms with Crippen LogP contribution in [0.25, 0.3) is 0 Å². The maximum Gasteiger partial charge on any atom is 0.136 e. The highest BCUT2D eigenvalue weighted by atomic mass is 35.5. The van der Waals surface area contributed by atoms with Crippen molar-refractivity contribution in [1.82, 2.24) is 9.97 Å². The Kier molecular flexibility index (Phi) is 4.96. The number of benzene rings is 1. The number of nitrogens with zero attached hydrogens (tertiary/aromatic N) is 3. The average Bonchev–Trinajstić information content (AvgIpc) is 2.47. The predicted octanol–water partition coefficient (Wildman–Crippen LogP) is 3.74. The van der Waals surface area contributed by atoms with Crippen LogP contribution in [0, 0.1) is 11.3 Å². The third kappa shape index (κ3) is 3.83. The Balaban J connectivity index is 2.37. The molecule has 6 heteroatoms. The van der Waals surface area contributed by atoms with E-state index in [1.54, 1.807) is 24.3 Å². The maximum atomic E-state index is 9.15. The smallest absolute Gasteiger partial charge is 0.136 e. The van der Waals surface area contributed by atoms with Crippen LogP contribution in [0.2, 0.25) is 5.02 Å². The zero-order valence-corrected chi connectivity index (χ0v) is 12.7. The second kappa shape index (κ2) is 6.91. The number of hydrogen-bond donors (Lipinski definition) is 2. The lowest BCUT2D eigenvalue weighted by atomic mass is 10.2. The number of halogens is 1. The summed E-state index contributed by atoms with van der Waals surface area (Å²) in [6, 6.07) is 9.00. The molecule has 0 saturated carbocycles.